The number of rotatable bonds is 4. The van der Waals surface area contributed by atoms with E-state index < -0.39 is 5.60 Å². The van der Waals surface area contributed by atoms with Crippen molar-refractivity contribution in [3.05, 3.63) is 35.9 Å². The van der Waals surface area contributed by atoms with Crippen LogP contribution in [-0.2, 0) is 0 Å². The molecule has 0 aliphatic heterocycles. The summed E-state index contributed by atoms with van der Waals surface area (Å²) in [4.78, 5) is 0. The smallest absolute Gasteiger partial charge is 0.0674 e. The molecule has 2 nitrogen and oxygen atoms in total. The lowest BCUT2D eigenvalue weighted by atomic mass is 9.80. The number of nitrogens with one attached hydrogen (secondary N) is 1. The first kappa shape index (κ1) is 12.2. The average molecular weight is 207 g/mol. The van der Waals surface area contributed by atoms with Gasteiger partial charge in [0, 0.05) is 12.0 Å². The highest BCUT2D eigenvalue weighted by atomic mass is 16.3. The summed E-state index contributed by atoms with van der Waals surface area (Å²) in [6, 6.07) is 10.4. The first-order chi connectivity index (χ1) is 6.96. The molecule has 0 unspecified atom stereocenters. The third-order valence-electron chi connectivity index (χ3n) is 2.88. The van der Waals surface area contributed by atoms with E-state index in [9.17, 15) is 5.11 Å². The van der Waals surface area contributed by atoms with E-state index in [4.69, 9.17) is 0 Å². The normalized spacial score (nSPS) is 16.1. The lowest BCUT2D eigenvalue weighted by Gasteiger charge is -2.34. The maximum atomic E-state index is 10.2. The fourth-order valence-corrected chi connectivity index (χ4v) is 2.14. The summed E-state index contributed by atoms with van der Waals surface area (Å²) in [5.74, 6) is 0.101. The molecular formula is C13H21NO. The molecule has 0 aliphatic rings. The van der Waals surface area contributed by atoms with Gasteiger partial charge in [0.15, 0.2) is 0 Å². The van der Waals surface area contributed by atoms with Crippen LogP contribution < -0.4 is 5.32 Å². The Morgan fingerprint density at radius 3 is 2.13 bits per heavy atom. The molecule has 1 aromatic carbocycles. The second-order valence-electron chi connectivity index (χ2n) is 4.62. The second-order valence-corrected chi connectivity index (χ2v) is 4.62. The van der Waals surface area contributed by atoms with Gasteiger partial charge in [-0.15, -0.1) is 0 Å². The van der Waals surface area contributed by atoms with Gasteiger partial charge in [-0.05, 0) is 33.4 Å². The summed E-state index contributed by atoms with van der Waals surface area (Å²) in [5, 5.41) is 13.4. The molecule has 0 aliphatic carbocycles. The molecule has 0 amide bonds. The van der Waals surface area contributed by atoms with Crippen LogP contribution in [0.25, 0.3) is 0 Å². The van der Waals surface area contributed by atoms with Crippen LogP contribution in [-0.4, -0.2) is 23.8 Å². The van der Waals surface area contributed by atoms with Crippen molar-refractivity contribution in [1.29, 1.82) is 0 Å². The van der Waals surface area contributed by atoms with Gasteiger partial charge in [0.25, 0.3) is 0 Å². The predicted molar refractivity (Wildman–Crippen MR) is 64.0 cm³/mol. The third kappa shape index (κ3) is 3.05. The molecule has 0 saturated heterocycles. The van der Waals surface area contributed by atoms with E-state index in [1.54, 1.807) is 0 Å². The zero-order valence-corrected chi connectivity index (χ0v) is 9.99. The van der Waals surface area contributed by atoms with Gasteiger partial charge in [-0.3, -0.25) is 0 Å². The topological polar surface area (TPSA) is 32.3 Å². The quantitative estimate of drug-likeness (QED) is 0.793. The van der Waals surface area contributed by atoms with Gasteiger partial charge in [0.05, 0.1) is 5.60 Å². The van der Waals surface area contributed by atoms with E-state index in [1.165, 1.54) is 5.56 Å². The van der Waals surface area contributed by atoms with Crippen LogP contribution >= 0.6 is 0 Å². The van der Waals surface area contributed by atoms with E-state index >= 15 is 0 Å². The minimum Gasteiger partial charge on any atom is -0.390 e. The average Bonchev–Trinajstić information content (AvgIpc) is 2.17. The van der Waals surface area contributed by atoms with Gasteiger partial charge < -0.3 is 10.4 Å². The fraction of sp³-hybridized carbons (Fsp3) is 0.538. The molecule has 1 aromatic rings. The Kier molecular flexibility index (Phi) is 3.89. The number of benzene rings is 1. The molecule has 0 saturated carbocycles. The van der Waals surface area contributed by atoms with Gasteiger partial charge in [-0.2, -0.15) is 0 Å². The van der Waals surface area contributed by atoms with Crippen molar-refractivity contribution in [2.45, 2.75) is 38.3 Å². The van der Waals surface area contributed by atoms with Crippen molar-refractivity contribution in [2.75, 3.05) is 7.05 Å². The molecule has 0 fully saturated rings. The Morgan fingerprint density at radius 2 is 1.73 bits per heavy atom. The van der Waals surface area contributed by atoms with Gasteiger partial charge in [0.1, 0.15) is 0 Å². The van der Waals surface area contributed by atoms with Gasteiger partial charge in [0.2, 0.25) is 0 Å². The van der Waals surface area contributed by atoms with E-state index in [2.05, 4.69) is 24.4 Å². The zero-order chi connectivity index (χ0) is 11.5. The number of likely N-dealkylation sites (N-methyl/N-ethyl adjacent to an activating group) is 1. The van der Waals surface area contributed by atoms with Gasteiger partial charge in [-0.1, -0.05) is 30.3 Å². The minimum absolute atomic E-state index is 0.101. The summed E-state index contributed by atoms with van der Waals surface area (Å²) in [7, 11) is 1.92. The molecule has 15 heavy (non-hydrogen) atoms. The lowest BCUT2D eigenvalue weighted by molar-refractivity contribution is 0.0386. The molecule has 0 bridgehead atoms. The molecule has 2 atom stereocenters. The standard InChI is InChI=1S/C13H21NO/c1-10(14-4)12(13(2,3)15)11-8-6-5-7-9-11/h5-10,12,14-15H,1-4H3/t10-,12+/m0/s1. The summed E-state index contributed by atoms with van der Waals surface area (Å²) in [5.41, 5.74) is 0.455. The van der Waals surface area contributed by atoms with E-state index in [1.807, 2.05) is 39.1 Å². The first-order valence-corrected chi connectivity index (χ1v) is 5.41. The zero-order valence-electron chi connectivity index (χ0n) is 9.99. The van der Waals surface area contributed by atoms with Crippen molar-refractivity contribution < 1.29 is 5.11 Å². The summed E-state index contributed by atoms with van der Waals surface area (Å²) < 4.78 is 0. The molecule has 0 heterocycles. The Morgan fingerprint density at radius 1 is 1.20 bits per heavy atom. The highest BCUT2D eigenvalue weighted by Gasteiger charge is 2.32. The third-order valence-corrected chi connectivity index (χ3v) is 2.88. The summed E-state index contributed by atoms with van der Waals surface area (Å²) >= 11 is 0. The Hall–Kier alpha value is -0.860. The highest BCUT2D eigenvalue weighted by molar-refractivity contribution is 5.24. The van der Waals surface area contributed by atoms with Crippen LogP contribution in [0.4, 0.5) is 0 Å². The van der Waals surface area contributed by atoms with Crippen LogP contribution in [0.15, 0.2) is 30.3 Å². The molecule has 0 spiro atoms. The van der Waals surface area contributed by atoms with Crippen molar-refractivity contribution in [3.63, 3.8) is 0 Å². The van der Waals surface area contributed by atoms with Crippen molar-refractivity contribution in [1.82, 2.24) is 5.32 Å². The molecule has 2 heteroatoms. The maximum absolute atomic E-state index is 10.2. The Bertz CT molecular complexity index is 289. The highest BCUT2D eigenvalue weighted by Crippen LogP contribution is 2.30. The summed E-state index contributed by atoms with van der Waals surface area (Å²) in [6.45, 7) is 5.81. The predicted octanol–water partition coefficient (Wildman–Crippen LogP) is 2.15. The van der Waals surface area contributed by atoms with Crippen LogP contribution in [0.2, 0.25) is 0 Å². The molecule has 84 valence electrons. The first-order valence-electron chi connectivity index (χ1n) is 5.41. The largest absolute Gasteiger partial charge is 0.390 e. The van der Waals surface area contributed by atoms with Gasteiger partial charge >= 0.3 is 0 Å². The number of hydrogen-bond acceptors (Lipinski definition) is 2. The van der Waals surface area contributed by atoms with E-state index in [-0.39, 0.29) is 12.0 Å². The Balaban J connectivity index is 3.02. The van der Waals surface area contributed by atoms with Crippen LogP contribution in [0.5, 0.6) is 0 Å². The second kappa shape index (κ2) is 4.77. The van der Waals surface area contributed by atoms with Crippen molar-refractivity contribution in [2.24, 2.45) is 0 Å². The van der Waals surface area contributed by atoms with Crippen LogP contribution in [0, 0.1) is 0 Å². The number of aliphatic hydroxyl groups is 1. The molecule has 1 rings (SSSR count). The summed E-state index contributed by atoms with van der Waals surface area (Å²) in [6.07, 6.45) is 0. The molecule has 2 N–H and O–H groups in total. The molecular weight excluding hydrogens is 186 g/mol. The fourth-order valence-electron chi connectivity index (χ4n) is 2.14. The Labute approximate surface area is 92.3 Å². The van der Waals surface area contributed by atoms with Crippen LogP contribution in [0.1, 0.15) is 32.3 Å². The van der Waals surface area contributed by atoms with Crippen molar-refractivity contribution >= 4 is 0 Å². The van der Waals surface area contributed by atoms with Gasteiger partial charge in [-0.25, -0.2) is 0 Å². The minimum atomic E-state index is -0.718. The molecule has 0 aromatic heterocycles. The monoisotopic (exact) mass is 207 g/mol. The maximum Gasteiger partial charge on any atom is 0.0674 e. The molecule has 0 radical (unpaired) electrons. The SMILES string of the molecule is CN[C@@H](C)[C@H](c1ccccc1)C(C)(C)O. The van der Waals surface area contributed by atoms with E-state index in [0.717, 1.165) is 0 Å². The number of hydrogen-bond donors (Lipinski definition) is 2. The van der Waals surface area contributed by atoms with Crippen LogP contribution in [0.3, 0.4) is 0 Å². The van der Waals surface area contributed by atoms with Crippen molar-refractivity contribution in [3.8, 4) is 0 Å². The van der Waals surface area contributed by atoms with E-state index in [0.29, 0.717) is 0 Å². The lowest BCUT2D eigenvalue weighted by Crippen LogP contribution is -2.41.